The molecule has 3 rings (SSSR count). The van der Waals surface area contributed by atoms with Crippen LogP contribution in [0.5, 0.6) is 0 Å². The maximum Gasteiger partial charge on any atom is 0.225 e. The van der Waals surface area contributed by atoms with Crippen LogP contribution in [0, 0.1) is 5.41 Å². The van der Waals surface area contributed by atoms with E-state index < -0.39 is 5.41 Å². The number of nitrogens with zero attached hydrogens (tertiary/aromatic N) is 2. The topological polar surface area (TPSA) is 82.2 Å². The first-order chi connectivity index (χ1) is 11.2. The Morgan fingerprint density at radius 3 is 2.74 bits per heavy atom. The van der Waals surface area contributed by atoms with E-state index in [9.17, 15) is 4.79 Å². The summed E-state index contributed by atoms with van der Waals surface area (Å²) < 4.78 is 7.19. The molecule has 0 unspecified atom stereocenters. The number of hydrogen-bond acceptors (Lipinski definition) is 4. The predicted octanol–water partition coefficient (Wildman–Crippen LogP) is 1.24. The van der Waals surface area contributed by atoms with Crippen molar-refractivity contribution in [3.05, 3.63) is 48.3 Å². The Bertz CT molecular complexity index is 648. The average molecular weight is 314 g/mol. The fourth-order valence-corrected chi connectivity index (χ4v) is 2.89. The second-order valence-corrected chi connectivity index (χ2v) is 5.99. The Morgan fingerprint density at radius 1 is 1.30 bits per heavy atom. The minimum absolute atomic E-state index is 0.242. The van der Waals surface area contributed by atoms with Gasteiger partial charge in [0.2, 0.25) is 5.91 Å². The molecule has 0 radical (unpaired) electrons. The molecule has 0 saturated carbocycles. The summed E-state index contributed by atoms with van der Waals surface area (Å²) in [5.74, 6) is -0.242. The lowest BCUT2D eigenvalue weighted by atomic mass is 9.79. The fraction of sp³-hybridized carbons (Fsp3) is 0.412. The van der Waals surface area contributed by atoms with Crippen molar-refractivity contribution in [2.45, 2.75) is 19.4 Å². The second kappa shape index (κ2) is 6.93. The standard InChI is InChI=1S/C17H22N4O2/c18-16(22)17(6-8-23-9-7-17)13-19-10-14-11-20-21(12-14)15-4-2-1-3-5-15/h1-5,11-12,19H,6-10,13H2,(H2,18,22). The number of primary amides is 1. The molecule has 122 valence electrons. The van der Waals surface area contributed by atoms with Crippen molar-refractivity contribution < 1.29 is 9.53 Å². The SMILES string of the molecule is NC(=O)C1(CNCc2cnn(-c3ccccc3)c2)CCOCC1. The molecule has 0 aliphatic carbocycles. The summed E-state index contributed by atoms with van der Waals surface area (Å²) >= 11 is 0. The Hall–Kier alpha value is -2.18. The van der Waals surface area contributed by atoms with Gasteiger partial charge in [0.15, 0.2) is 0 Å². The van der Waals surface area contributed by atoms with Crippen molar-refractivity contribution in [3.63, 3.8) is 0 Å². The highest BCUT2D eigenvalue weighted by Crippen LogP contribution is 2.29. The zero-order chi connectivity index (χ0) is 16.1. The normalized spacial score (nSPS) is 17.0. The van der Waals surface area contributed by atoms with Gasteiger partial charge < -0.3 is 15.8 Å². The van der Waals surface area contributed by atoms with E-state index in [-0.39, 0.29) is 5.91 Å². The van der Waals surface area contributed by atoms with Crippen LogP contribution in [0.15, 0.2) is 42.7 Å². The van der Waals surface area contributed by atoms with E-state index in [0.717, 1.165) is 11.3 Å². The third kappa shape index (κ3) is 3.60. The molecular formula is C17H22N4O2. The monoisotopic (exact) mass is 314 g/mol. The molecule has 6 nitrogen and oxygen atoms in total. The van der Waals surface area contributed by atoms with Crippen LogP contribution >= 0.6 is 0 Å². The molecule has 1 aliphatic heterocycles. The highest BCUT2D eigenvalue weighted by atomic mass is 16.5. The van der Waals surface area contributed by atoms with Crippen LogP contribution < -0.4 is 11.1 Å². The summed E-state index contributed by atoms with van der Waals surface area (Å²) in [6, 6.07) is 9.96. The molecule has 23 heavy (non-hydrogen) atoms. The van der Waals surface area contributed by atoms with E-state index in [2.05, 4.69) is 10.4 Å². The smallest absolute Gasteiger partial charge is 0.225 e. The number of amides is 1. The van der Waals surface area contributed by atoms with Gasteiger partial charge in [-0.05, 0) is 25.0 Å². The number of para-hydroxylation sites is 1. The van der Waals surface area contributed by atoms with Gasteiger partial charge in [0.1, 0.15) is 0 Å². The molecule has 2 heterocycles. The van der Waals surface area contributed by atoms with Crippen molar-refractivity contribution in [1.29, 1.82) is 0 Å². The molecule has 1 aliphatic rings. The molecule has 1 aromatic carbocycles. The summed E-state index contributed by atoms with van der Waals surface area (Å²) in [5.41, 5.74) is 7.21. The van der Waals surface area contributed by atoms with Gasteiger partial charge in [-0.15, -0.1) is 0 Å². The summed E-state index contributed by atoms with van der Waals surface area (Å²) in [6.45, 7) is 2.41. The lowest BCUT2D eigenvalue weighted by Crippen LogP contribution is -2.48. The van der Waals surface area contributed by atoms with E-state index in [1.54, 1.807) is 0 Å². The Morgan fingerprint density at radius 2 is 2.04 bits per heavy atom. The number of carbonyl (C=O) groups is 1. The van der Waals surface area contributed by atoms with Crippen LogP contribution in [0.2, 0.25) is 0 Å². The molecule has 1 amide bonds. The van der Waals surface area contributed by atoms with Crippen molar-refractivity contribution in [2.75, 3.05) is 19.8 Å². The third-order valence-corrected chi connectivity index (χ3v) is 4.42. The predicted molar refractivity (Wildman–Crippen MR) is 87.0 cm³/mol. The van der Waals surface area contributed by atoms with Gasteiger partial charge in [0, 0.05) is 38.1 Å². The highest BCUT2D eigenvalue weighted by Gasteiger charge is 2.37. The van der Waals surface area contributed by atoms with Gasteiger partial charge in [0.05, 0.1) is 17.3 Å². The molecule has 0 bridgehead atoms. The summed E-state index contributed by atoms with van der Waals surface area (Å²) in [6.07, 6.45) is 5.18. The number of hydrogen-bond donors (Lipinski definition) is 2. The van der Waals surface area contributed by atoms with Crippen LogP contribution in [-0.2, 0) is 16.1 Å². The Balaban J connectivity index is 1.58. The van der Waals surface area contributed by atoms with E-state index in [4.69, 9.17) is 10.5 Å². The van der Waals surface area contributed by atoms with Crippen LogP contribution in [-0.4, -0.2) is 35.4 Å². The number of nitrogens with one attached hydrogen (secondary N) is 1. The Kier molecular flexibility index (Phi) is 4.73. The first-order valence-electron chi connectivity index (χ1n) is 7.87. The number of aromatic nitrogens is 2. The summed E-state index contributed by atoms with van der Waals surface area (Å²) in [5, 5.41) is 7.72. The highest BCUT2D eigenvalue weighted by molar-refractivity contribution is 5.81. The van der Waals surface area contributed by atoms with Crippen LogP contribution in [0.1, 0.15) is 18.4 Å². The van der Waals surface area contributed by atoms with E-state index in [1.807, 2.05) is 47.4 Å². The summed E-state index contributed by atoms with van der Waals surface area (Å²) in [7, 11) is 0. The van der Waals surface area contributed by atoms with Gasteiger partial charge in [-0.25, -0.2) is 4.68 Å². The molecule has 3 N–H and O–H groups in total. The van der Waals surface area contributed by atoms with E-state index in [0.29, 0.717) is 39.1 Å². The van der Waals surface area contributed by atoms with E-state index in [1.165, 1.54) is 0 Å². The molecule has 0 spiro atoms. The fourth-order valence-electron chi connectivity index (χ4n) is 2.89. The molecule has 1 fully saturated rings. The third-order valence-electron chi connectivity index (χ3n) is 4.42. The molecule has 1 saturated heterocycles. The van der Waals surface area contributed by atoms with Crippen LogP contribution in [0.25, 0.3) is 5.69 Å². The quantitative estimate of drug-likeness (QED) is 0.840. The number of benzene rings is 1. The maximum atomic E-state index is 11.8. The first-order valence-corrected chi connectivity index (χ1v) is 7.87. The largest absolute Gasteiger partial charge is 0.381 e. The molecular weight excluding hydrogens is 292 g/mol. The molecule has 0 atom stereocenters. The van der Waals surface area contributed by atoms with E-state index >= 15 is 0 Å². The number of ether oxygens (including phenoxy) is 1. The molecule has 6 heteroatoms. The van der Waals surface area contributed by atoms with Crippen molar-refractivity contribution in [2.24, 2.45) is 11.1 Å². The number of rotatable bonds is 6. The van der Waals surface area contributed by atoms with Crippen molar-refractivity contribution >= 4 is 5.91 Å². The van der Waals surface area contributed by atoms with Crippen LogP contribution in [0.4, 0.5) is 0 Å². The number of carbonyl (C=O) groups excluding carboxylic acids is 1. The minimum atomic E-state index is -0.492. The second-order valence-electron chi connectivity index (χ2n) is 5.99. The average Bonchev–Trinajstić information content (AvgIpc) is 3.05. The molecule has 1 aromatic heterocycles. The first kappa shape index (κ1) is 15.7. The van der Waals surface area contributed by atoms with Gasteiger partial charge >= 0.3 is 0 Å². The minimum Gasteiger partial charge on any atom is -0.381 e. The van der Waals surface area contributed by atoms with Gasteiger partial charge in [-0.3, -0.25) is 4.79 Å². The van der Waals surface area contributed by atoms with Gasteiger partial charge in [-0.1, -0.05) is 18.2 Å². The molecule has 2 aromatic rings. The lowest BCUT2D eigenvalue weighted by Gasteiger charge is -2.34. The Labute approximate surface area is 135 Å². The van der Waals surface area contributed by atoms with Gasteiger partial charge in [-0.2, -0.15) is 5.10 Å². The maximum absolute atomic E-state index is 11.8. The zero-order valence-corrected chi connectivity index (χ0v) is 13.1. The number of nitrogens with two attached hydrogens (primary N) is 1. The van der Waals surface area contributed by atoms with Crippen molar-refractivity contribution in [3.8, 4) is 5.69 Å². The van der Waals surface area contributed by atoms with Crippen molar-refractivity contribution in [1.82, 2.24) is 15.1 Å². The lowest BCUT2D eigenvalue weighted by molar-refractivity contribution is -0.132. The van der Waals surface area contributed by atoms with Crippen LogP contribution in [0.3, 0.4) is 0 Å². The van der Waals surface area contributed by atoms with Gasteiger partial charge in [0.25, 0.3) is 0 Å². The zero-order valence-electron chi connectivity index (χ0n) is 13.1. The summed E-state index contributed by atoms with van der Waals surface area (Å²) in [4.78, 5) is 11.8.